The van der Waals surface area contributed by atoms with Gasteiger partial charge >= 0.3 is 0 Å². The Bertz CT molecular complexity index is 803. The molecule has 2 N–H and O–H groups in total. The molecule has 1 unspecified atom stereocenters. The Balaban J connectivity index is 0.00000341. The Morgan fingerprint density at radius 3 is 2.84 bits per heavy atom. The SMILES string of the molecule is C=C(C)CNC(=NCC(c1cccs1)N1CCOCC1)NCCn1cnnc1CC.I. The first-order valence-electron chi connectivity index (χ1n) is 10.6. The number of nitrogens with zero attached hydrogens (tertiary/aromatic N) is 5. The molecule has 1 atom stereocenters. The Kier molecular flexibility index (Phi) is 11.5. The number of aliphatic imine (C=N–C) groups is 1. The lowest BCUT2D eigenvalue weighted by Gasteiger charge is -2.33. The summed E-state index contributed by atoms with van der Waals surface area (Å²) in [5, 5.41) is 17.1. The number of halogens is 1. The zero-order valence-corrected chi connectivity index (χ0v) is 21.6. The van der Waals surface area contributed by atoms with E-state index < -0.39 is 0 Å². The molecular formula is C21H34IN7OS. The standard InChI is InChI=1S/C21H33N7OS.HI/c1-4-20-26-25-16-28(20)8-7-22-21(23-14-17(2)3)24-15-18(19-6-5-13-30-19)27-9-11-29-12-10-27;/h5-6,13,16,18H,2,4,7-12,14-15H2,1,3H3,(H2,22,23,24);1H. The largest absolute Gasteiger partial charge is 0.379 e. The van der Waals surface area contributed by atoms with Crippen molar-refractivity contribution in [1.82, 2.24) is 30.3 Å². The molecule has 172 valence electrons. The van der Waals surface area contributed by atoms with E-state index in [1.54, 1.807) is 17.7 Å². The lowest BCUT2D eigenvalue weighted by Crippen LogP contribution is -2.42. The first-order chi connectivity index (χ1) is 14.7. The number of rotatable bonds is 10. The summed E-state index contributed by atoms with van der Waals surface area (Å²) in [5.74, 6) is 1.80. The fourth-order valence-corrected chi connectivity index (χ4v) is 4.23. The van der Waals surface area contributed by atoms with Gasteiger partial charge in [0.1, 0.15) is 12.2 Å². The van der Waals surface area contributed by atoms with Gasteiger partial charge < -0.3 is 19.9 Å². The number of thiophene rings is 1. The summed E-state index contributed by atoms with van der Waals surface area (Å²) >= 11 is 1.79. The van der Waals surface area contributed by atoms with Crippen molar-refractivity contribution in [3.05, 3.63) is 46.7 Å². The molecule has 1 saturated heterocycles. The third-order valence-electron chi connectivity index (χ3n) is 5.00. The number of hydrogen-bond acceptors (Lipinski definition) is 6. The summed E-state index contributed by atoms with van der Waals surface area (Å²) in [4.78, 5) is 8.74. The van der Waals surface area contributed by atoms with Gasteiger partial charge in [0.05, 0.1) is 25.8 Å². The zero-order valence-electron chi connectivity index (χ0n) is 18.4. The average molecular weight is 560 g/mol. The number of morpholine rings is 1. The first-order valence-corrected chi connectivity index (χ1v) is 11.4. The number of aryl methyl sites for hydroxylation is 1. The van der Waals surface area contributed by atoms with Crippen LogP contribution in [0.2, 0.25) is 0 Å². The van der Waals surface area contributed by atoms with Crippen molar-refractivity contribution in [3.63, 3.8) is 0 Å². The molecule has 2 aromatic heterocycles. The molecule has 3 rings (SSSR count). The lowest BCUT2D eigenvalue weighted by molar-refractivity contribution is 0.0186. The minimum Gasteiger partial charge on any atom is -0.379 e. The van der Waals surface area contributed by atoms with E-state index in [0.29, 0.717) is 13.1 Å². The molecule has 2 aromatic rings. The van der Waals surface area contributed by atoms with Gasteiger partial charge in [-0.25, -0.2) is 0 Å². The summed E-state index contributed by atoms with van der Waals surface area (Å²) in [6.07, 6.45) is 2.65. The number of nitrogens with one attached hydrogen (secondary N) is 2. The molecule has 3 heterocycles. The van der Waals surface area contributed by atoms with Crippen molar-refractivity contribution in [2.75, 3.05) is 45.9 Å². The second kappa shape index (κ2) is 13.8. The molecule has 8 nitrogen and oxygen atoms in total. The molecular weight excluding hydrogens is 525 g/mol. The Morgan fingerprint density at radius 1 is 1.35 bits per heavy atom. The molecule has 0 bridgehead atoms. The van der Waals surface area contributed by atoms with Gasteiger partial charge in [-0.15, -0.1) is 45.5 Å². The van der Waals surface area contributed by atoms with E-state index in [9.17, 15) is 0 Å². The van der Waals surface area contributed by atoms with Crippen molar-refractivity contribution in [1.29, 1.82) is 0 Å². The summed E-state index contributed by atoms with van der Waals surface area (Å²) in [7, 11) is 0. The predicted molar refractivity (Wildman–Crippen MR) is 137 cm³/mol. The van der Waals surface area contributed by atoms with E-state index in [4.69, 9.17) is 9.73 Å². The minimum absolute atomic E-state index is 0. The number of ether oxygens (including phenoxy) is 1. The van der Waals surface area contributed by atoms with Crippen LogP contribution in [0.1, 0.15) is 30.6 Å². The van der Waals surface area contributed by atoms with E-state index in [2.05, 4.69) is 61.3 Å². The highest BCUT2D eigenvalue weighted by molar-refractivity contribution is 14.0. The molecule has 0 radical (unpaired) electrons. The normalized spacial score (nSPS) is 15.9. The third kappa shape index (κ3) is 8.17. The highest BCUT2D eigenvalue weighted by Crippen LogP contribution is 2.26. The van der Waals surface area contributed by atoms with Gasteiger partial charge in [0, 0.05) is 44.0 Å². The maximum atomic E-state index is 5.54. The van der Waals surface area contributed by atoms with Crippen LogP contribution >= 0.6 is 35.3 Å². The monoisotopic (exact) mass is 559 g/mol. The molecule has 31 heavy (non-hydrogen) atoms. The van der Waals surface area contributed by atoms with Gasteiger partial charge in [0.25, 0.3) is 0 Å². The van der Waals surface area contributed by atoms with Gasteiger partial charge in [-0.1, -0.05) is 25.1 Å². The minimum atomic E-state index is 0. The summed E-state index contributed by atoms with van der Waals surface area (Å²) in [6.45, 7) is 14.5. The summed E-state index contributed by atoms with van der Waals surface area (Å²) in [6, 6.07) is 4.58. The third-order valence-corrected chi connectivity index (χ3v) is 5.97. The highest BCUT2D eigenvalue weighted by Gasteiger charge is 2.23. The molecule has 0 saturated carbocycles. The van der Waals surface area contributed by atoms with Crippen LogP contribution < -0.4 is 10.6 Å². The van der Waals surface area contributed by atoms with Gasteiger partial charge in [0.2, 0.25) is 0 Å². The van der Waals surface area contributed by atoms with E-state index in [0.717, 1.165) is 63.2 Å². The van der Waals surface area contributed by atoms with E-state index in [1.165, 1.54) is 4.88 Å². The van der Waals surface area contributed by atoms with Gasteiger partial charge in [-0.3, -0.25) is 9.89 Å². The smallest absolute Gasteiger partial charge is 0.191 e. The van der Waals surface area contributed by atoms with Gasteiger partial charge in [-0.05, 0) is 18.4 Å². The van der Waals surface area contributed by atoms with Crippen LogP contribution in [0, 0.1) is 0 Å². The fourth-order valence-electron chi connectivity index (χ4n) is 3.38. The Labute approximate surface area is 206 Å². The fraction of sp³-hybridized carbons (Fsp3) is 0.571. The van der Waals surface area contributed by atoms with Crippen LogP contribution in [0.5, 0.6) is 0 Å². The molecule has 0 aliphatic carbocycles. The Morgan fingerprint density at radius 2 is 2.16 bits per heavy atom. The quantitative estimate of drug-likeness (QED) is 0.202. The van der Waals surface area contributed by atoms with Crippen molar-refractivity contribution in [3.8, 4) is 0 Å². The molecule has 0 aromatic carbocycles. The Hall–Kier alpha value is -1.50. The number of hydrogen-bond donors (Lipinski definition) is 2. The molecule has 0 amide bonds. The maximum absolute atomic E-state index is 5.54. The van der Waals surface area contributed by atoms with E-state index >= 15 is 0 Å². The highest BCUT2D eigenvalue weighted by atomic mass is 127. The van der Waals surface area contributed by atoms with Crippen LogP contribution in [-0.2, 0) is 17.7 Å². The number of guanidine groups is 1. The predicted octanol–water partition coefficient (Wildman–Crippen LogP) is 2.70. The van der Waals surface area contributed by atoms with Crippen molar-refractivity contribution in [2.45, 2.75) is 32.9 Å². The number of aromatic nitrogens is 3. The first kappa shape index (κ1) is 25.8. The summed E-state index contributed by atoms with van der Waals surface area (Å²) in [5.41, 5.74) is 1.07. The van der Waals surface area contributed by atoms with Gasteiger partial charge in [-0.2, -0.15) is 0 Å². The van der Waals surface area contributed by atoms with Crippen molar-refractivity contribution < 1.29 is 4.74 Å². The van der Waals surface area contributed by atoms with Gasteiger partial charge in [0.15, 0.2) is 5.96 Å². The maximum Gasteiger partial charge on any atom is 0.191 e. The van der Waals surface area contributed by atoms with Crippen LogP contribution in [0.3, 0.4) is 0 Å². The molecule has 1 fully saturated rings. The molecule has 0 spiro atoms. The van der Waals surface area contributed by atoms with Crippen molar-refractivity contribution in [2.24, 2.45) is 4.99 Å². The van der Waals surface area contributed by atoms with Crippen LogP contribution in [-0.4, -0.2) is 71.6 Å². The average Bonchev–Trinajstić information content (AvgIpc) is 3.44. The molecule has 10 heteroatoms. The van der Waals surface area contributed by atoms with Crippen LogP contribution in [0.4, 0.5) is 0 Å². The second-order valence-corrected chi connectivity index (χ2v) is 8.38. The molecule has 1 aliphatic rings. The molecule has 1 aliphatic heterocycles. The lowest BCUT2D eigenvalue weighted by atomic mass is 10.2. The van der Waals surface area contributed by atoms with Crippen LogP contribution in [0.15, 0.2) is 41.0 Å². The second-order valence-electron chi connectivity index (χ2n) is 7.40. The van der Waals surface area contributed by atoms with E-state index in [-0.39, 0.29) is 30.0 Å². The summed E-state index contributed by atoms with van der Waals surface area (Å²) < 4.78 is 7.62. The van der Waals surface area contributed by atoms with Crippen LogP contribution in [0.25, 0.3) is 0 Å². The topological polar surface area (TPSA) is 79.6 Å². The zero-order chi connectivity index (χ0) is 21.2. The van der Waals surface area contributed by atoms with E-state index in [1.807, 2.05) is 6.92 Å². The van der Waals surface area contributed by atoms with Crippen molar-refractivity contribution >= 4 is 41.3 Å².